The maximum atomic E-state index is 13.5. The molecule has 1 saturated carbocycles. The molecule has 1 aliphatic carbocycles. The van der Waals surface area contributed by atoms with E-state index in [-0.39, 0.29) is 17.5 Å². The van der Waals surface area contributed by atoms with Crippen LogP contribution in [0.5, 0.6) is 11.5 Å². The Morgan fingerprint density at radius 1 is 1.15 bits per heavy atom. The van der Waals surface area contributed by atoms with Crippen LogP contribution < -0.4 is 14.8 Å². The van der Waals surface area contributed by atoms with Gasteiger partial charge in [0.1, 0.15) is 5.82 Å². The minimum Gasteiger partial charge on any atom is -0.490 e. The van der Waals surface area contributed by atoms with Crippen LogP contribution in [0.4, 0.5) is 4.39 Å². The molecule has 27 heavy (non-hydrogen) atoms. The number of aliphatic carboxylic acids is 1. The highest BCUT2D eigenvalue weighted by molar-refractivity contribution is 5.95. The molecule has 0 saturated heterocycles. The molecule has 0 heterocycles. The number of halogens is 1. The van der Waals surface area contributed by atoms with Gasteiger partial charge in [-0.15, -0.1) is 0 Å². The van der Waals surface area contributed by atoms with E-state index in [0.717, 1.165) is 18.4 Å². The molecular formula is C20H20FNO5. The van der Waals surface area contributed by atoms with Crippen molar-refractivity contribution in [1.82, 2.24) is 5.32 Å². The molecule has 0 atom stereocenters. The fraction of sp³-hybridized carbons (Fsp3) is 0.300. The lowest BCUT2D eigenvalue weighted by molar-refractivity contribution is -0.139. The van der Waals surface area contributed by atoms with E-state index >= 15 is 0 Å². The molecule has 0 aromatic heterocycles. The highest BCUT2D eigenvalue weighted by Gasteiger charge is 2.46. The smallest absolute Gasteiger partial charge is 0.341 e. The largest absolute Gasteiger partial charge is 0.490 e. The van der Waals surface area contributed by atoms with E-state index in [9.17, 15) is 14.0 Å². The molecule has 7 heteroatoms. The topological polar surface area (TPSA) is 84.9 Å². The third-order valence-electron chi connectivity index (χ3n) is 4.34. The first-order valence-electron chi connectivity index (χ1n) is 8.63. The number of benzene rings is 2. The average Bonchev–Trinajstić information content (AvgIpc) is 3.41. The molecule has 1 amide bonds. The first-order valence-corrected chi connectivity index (χ1v) is 8.63. The van der Waals surface area contributed by atoms with Crippen LogP contribution in [0, 0.1) is 5.82 Å². The van der Waals surface area contributed by atoms with Gasteiger partial charge in [-0.1, -0.05) is 12.1 Å². The van der Waals surface area contributed by atoms with Gasteiger partial charge in [0, 0.05) is 5.56 Å². The van der Waals surface area contributed by atoms with Crippen molar-refractivity contribution in [3.8, 4) is 11.5 Å². The standard InChI is InChI=1S/C20H20FNO5/c1-2-26-17-10-13(6-7-16(17)27-12-18(23)24)19(25)22-20(8-9-20)14-4-3-5-15(21)11-14/h3-7,10-11H,2,8-9,12H2,1H3,(H,22,25)(H,23,24). The Morgan fingerprint density at radius 2 is 1.93 bits per heavy atom. The van der Waals surface area contributed by atoms with Crippen molar-refractivity contribution >= 4 is 11.9 Å². The number of amides is 1. The summed E-state index contributed by atoms with van der Waals surface area (Å²) in [4.78, 5) is 23.4. The minimum atomic E-state index is -1.11. The van der Waals surface area contributed by atoms with Crippen molar-refractivity contribution in [3.05, 3.63) is 59.4 Å². The highest BCUT2D eigenvalue weighted by Crippen LogP contribution is 2.46. The predicted molar refractivity (Wildman–Crippen MR) is 95.5 cm³/mol. The molecule has 2 aromatic carbocycles. The van der Waals surface area contributed by atoms with Crippen LogP contribution in [0.3, 0.4) is 0 Å². The number of ether oxygens (including phenoxy) is 2. The molecule has 142 valence electrons. The van der Waals surface area contributed by atoms with Gasteiger partial charge in [-0.3, -0.25) is 4.79 Å². The number of nitrogens with one attached hydrogen (secondary N) is 1. The summed E-state index contributed by atoms with van der Waals surface area (Å²) in [6.07, 6.45) is 1.47. The number of carbonyl (C=O) groups excluding carboxylic acids is 1. The van der Waals surface area contributed by atoms with Crippen molar-refractivity contribution in [1.29, 1.82) is 0 Å². The molecule has 0 bridgehead atoms. The molecule has 1 fully saturated rings. The lowest BCUT2D eigenvalue weighted by Gasteiger charge is -2.19. The van der Waals surface area contributed by atoms with Gasteiger partial charge < -0.3 is 19.9 Å². The van der Waals surface area contributed by atoms with Crippen molar-refractivity contribution in [2.75, 3.05) is 13.2 Å². The summed E-state index contributed by atoms with van der Waals surface area (Å²) in [7, 11) is 0. The Hall–Kier alpha value is -3.09. The van der Waals surface area contributed by atoms with Gasteiger partial charge in [0.25, 0.3) is 5.91 Å². The van der Waals surface area contributed by atoms with Gasteiger partial charge in [0.05, 0.1) is 12.1 Å². The Balaban J connectivity index is 1.78. The van der Waals surface area contributed by atoms with E-state index in [0.29, 0.717) is 17.9 Å². The van der Waals surface area contributed by atoms with Gasteiger partial charge in [-0.05, 0) is 55.7 Å². The van der Waals surface area contributed by atoms with Gasteiger partial charge >= 0.3 is 5.97 Å². The van der Waals surface area contributed by atoms with Crippen molar-refractivity contribution in [2.45, 2.75) is 25.3 Å². The number of carbonyl (C=O) groups is 2. The van der Waals surface area contributed by atoms with E-state index in [2.05, 4.69) is 5.32 Å². The minimum absolute atomic E-state index is 0.252. The summed E-state index contributed by atoms with van der Waals surface area (Å²) in [6, 6.07) is 10.8. The molecule has 0 radical (unpaired) electrons. The number of hydrogen-bond donors (Lipinski definition) is 2. The summed E-state index contributed by atoms with van der Waals surface area (Å²) in [6.45, 7) is 1.60. The summed E-state index contributed by atoms with van der Waals surface area (Å²) in [5, 5.41) is 11.7. The molecule has 0 aliphatic heterocycles. The normalized spacial score (nSPS) is 14.3. The number of rotatable bonds is 8. The monoisotopic (exact) mass is 373 g/mol. The highest BCUT2D eigenvalue weighted by atomic mass is 19.1. The molecule has 2 aromatic rings. The second-order valence-electron chi connectivity index (χ2n) is 6.32. The molecule has 3 rings (SSSR count). The maximum absolute atomic E-state index is 13.5. The maximum Gasteiger partial charge on any atom is 0.341 e. The molecule has 0 unspecified atom stereocenters. The first kappa shape index (κ1) is 18.7. The zero-order chi connectivity index (χ0) is 19.4. The SMILES string of the molecule is CCOc1cc(C(=O)NC2(c3cccc(F)c3)CC2)ccc1OCC(=O)O. The molecule has 2 N–H and O–H groups in total. The summed E-state index contributed by atoms with van der Waals surface area (Å²) < 4.78 is 24.2. The molecular weight excluding hydrogens is 353 g/mol. The van der Waals surface area contributed by atoms with Gasteiger partial charge in [0.15, 0.2) is 18.1 Å². The molecule has 1 aliphatic rings. The van der Waals surface area contributed by atoms with Gasteiger partial charge in [-0.2, -0.15) is 0 Å². The van der Waals surface area contributed by atoms with E-state index < -0.39 is 18.1 Å². The zero-order valence-corrected chi connectivity index (χ0v) is 14.8. The van der Waals surface area contributed by atoms with Crippen LogP contribution in [0.25, 0.3) is 0 Å². The van der Waals surface area contributed by atoms with Crippen LogP contribution in [-0.2, 0) is 10.3 Å². The lowest BCUT2D eigenvalue weighted by atomic mass is 10.0. The first-order chi connectivity index (χ1) is 12.9. The number of carboxylic acids is 1. The Bertz CT molecular complexity index is 863. The number of hydrogen-bond acceptors (Lipinski definition) is 4. The van der Waals surface area contributed by atoms with Gasteiger partial charge in [-0.25, -0.2) is 9.18 Å². The second-order valence-corrected chi connectivity index (χ2v) is 6.32. The Labute approximate surface area is 155 Å². The lowest BCUT2D eigenvalue weighted by Crippen LogP contribution is -2.34. The van der Waals surface area contributed by atoms with Crippen LogP contribution in [-0.4, -0.2) is 30.2 Å². The quantitative estimate of drug-likeness (QED) is 0.743. The number of carboxylic acid groups (broad SMARTS) is 1. The zero-order valence-electron chi connectivity index (χ0n) is 14.8. The second kappa shape index (κ2) is 7.65. The Kier molecular flexibility index (Phi) is 5.30. The molecule has 0 spiro atoms. The van der Waals surface area contributed by atoms with Crippen molar-refractivity contribution in [2.24, 2.45) is 0 Å². The third kappa shape index (κ3) is 4.36. The van der Waals surface area contributed by atoms with E-state index in [1.54, 1.807) is 19.1 Å². The third-order valence-corrected chi connectivity index (χ3v) is 4.34. The summed E-state index contributed by atoms with van der Waals surface area (Å²) in [5.74, 6) is -1.22. The van der Waals surface area contributed by atoms with Crippen LogP contribution >= 0.6 is 0 Å². The average molecular weight is 373 g/mol. The summed E-state index contributed by atoms with van der Waals surface area (Å²) in [5.41, 5.74) is 0.537. The van der Waals surface area contributed by atoms with E-state index in [1.807, 2.05) is 0 Å². The predicted octanol–water partition coefficient (Wildman–Crippen LogP) is 3.11. The van der Waals surface area contributed by atoms with E-state index in [4.69, 9.17) is 14.6 Å². The van der Waals surface area contributed by atoms with Crippen LogP contribution in [0.2, 0.25) is 0 Å². The van der Waals surface area contributed by atoms with E-state index in [1.165, 1.54) is 30.3 Å². The van der Waals surface area contributed by atoms with Gasteiger partial charge in [0.2, 0.25) is 0 Å². The molecule has 6 nitrogen and oxygen atoms in total. The van der Waals surface area contributed by atoms with Crippen LogP contribution in [0.1, 0.15) is 35.7 Å². The van der Waals surface area contributed by atoms with Crippen LogP contribution in [0.15, 0.2) is 42.5 Å². The van der Waals surface area contributed by atoms with Crippen molar-refractivity contribution in [3.63, 3.8) is 0 Å². The summed E-state index contributed by atoms with van der Waals surface area (Å²) >= 11 is 0. The van der Waals surface area contributed by atoms with Crippen molar-refractivity contribution < 1.29 is 28.6 Å². The fourth-order valence-electron chi connectivity index (χ4n) is 2.86. The fourth-order valence-corrected chi connectivity index (χ4v) is 2.86. The Morgan fingerprint density at radius 3 is 2.56 bits per heavy atom.